The summed E-state index contributed by atoms with van der Waals surface area (Å²) >= 11 is 0. The molecule has 0 aliphatic carbocycles. The van der Waals surface area contributed by atoms with Crippen molar-refractivity contribution in [3.63, 3.8) is 0 Å². The van der Waals surface area contributed by atoms with Crippen LogP contribution in [0, 0.1) is 0 Å². The highest BCUT2D eigenvalue weighted by Crippen LogP contribution is 2.09. The smallest absolute Gasteiger partial charge is 0.306 e. The highest BCUT2D eigenvalue weighted by Gasteiger charge is 2.15. The quantitative estimate of drug-likeness (QED) is 0.0443. The van der Waals surface area contributed by atoms with Gasteiger partial charge in [-0.3, -0.25) is 9.59 Å². The van der Waals surface area contributed by atoms with Gasteiger partial charge in [0, 0.05) is 12.8 Å². The Morgan fingerprint density at radius 1 is 0.558 bits per heavy atom. The van der Waals surface area contributed by atoms with Gasteiger partial charge in [0.05, 0.1) is 6.61 Å². The van der Waals surface area contributed by atoms with Gasteiger partial charge in [-0.1, -0.05) is 130 Å². The standard InChI is InChI=1S/C38H58O5/c1-3-5-7-9-11-13-15-17-18-19-21-23-25-27-29-31-33-38(41)43-36(34-39)35-42-37(40)32-30-28-26-24-22-20-16-14-12-10-8-6-4-2/h5-8,10-14,16-18,21,23,27,29,36,39H,3-4,9,15,19-20,22,24-26,28,30-35H2,1-2H3/b7-5+,8-6+,12-10+,13-11+,16-14+,18-17+,23-21+,29-27+. The molecule has 1 N–H and O–H groups in total. The first-order valence-corrected chi connectivity index (χ1v) is 16.3. The Morgan fingerprint density at radius 2 is 1.09 bits per heavy atom. The predicted octanol–water partition coefficient (Wildman–Crippen LogP) is 9.77. The third-order valence-corrected chi connectivity index (χ3v) is 6.20. The van der Waals surface area contributed by atoms with E-state index in [1.807, 2.05) is 24.3 Å². The number of hydrogen-bond acceptors (Lipinski definition) is 5. The van der Waals surface area contributed by atoms with E-state index in [4.69, 9.17) is 9.47 Å². The molecule has 0 saturated carbocycles. The van der Waals surface area contributed by atoms with Crippen LogP contribution in [-0.2, 0) is 19.1 Å². The van der Waals surface area contributed by atoms with Crippen molar-refractivity contribution in [1.82, 2.24) is 0 Å². The van der Waals surface area contributed by atoms with Gasteiger partial charge in [-0.25, -0.2) is 0 Å². The Bertz CT molecular complexity index is 901. The normalized spacial score (nSPS) is 13.5. The minimum Gasteiger partial charge on any atom is -0.462 e. The average molecular weight is 595 g/mol. The molecule has 0 aliphatic heterocycles. The fourth-order valence-electron chi connectivity index (χ4n) is 3.78. The van der Waals surface area contributed by atoms with Crippen LogP contribution in [0.2, 0.25) is 0 Å². The fourth-order valence-corrected chi connectivity index (χ4v) is 3.78. The highest BCUT2D eigenvalue weighted by atomic mass is 16.6. The zero-order valence-electron chi connectivity index (χ0n) is 26.9. The summed E-state index contributed by atoms with van der Waals surface area (Å²) in [6.07, 6.45) is 46.1. The second kappa shape index (κ2) is 33.3. The molecule has 0 aromatic heterocycles. The van der Waals surface area contributed by atoms with Crippen LogP contribution in [0.25, 0.3) is 0 Å². The third-order valence-electron chi connectivity index (χ3n) is 6.20. The summed E-state index contributed by atoms with van der Waals surface area (Å²) in [5.74, 6) is -0.727. The number of carbonyl (C=O) groups excluding carboxylic acids is 2. The van der Waals surface area contributed by atoms with Gasteiger partial charge in [-0.2, -0.15) is 0 Å². The maximum atomic E-state index is 12.1. The van der Waals surface area contributed by atoms with Crippen molar-refractivity contribution in [3.8, 4) is 0 Å². The van der Waals surface area contributed by atoms with Crippen LogP contribution in [0.15, 0.2) is 97.2 Å². The molecule has 1 unspecified atom stereocenters. The third kappa shape index (κ3) is 31.6. The number of carbonyl (C=O) groups is 2. The summed E-state index contributed by atoms with van der Waals surface area (Å²) < 4.78 is 10.5. The van der Waals surface area contributed by atoms with Crippen molar-refractivity contribution in [2.45, 2.75) is 116 Å². The van der Waals surface area contributed by atoms with Crippen molar-refractivity contribution >= 4 is 11.9 Å². The Kier molecular flexibility index (Phi) is 30.9. The lowest BCUT2D eigenvalue weighted by Crippen LogP contribution is -2.28. The largest absolute Gasteiger partial charge is 0.462 e. The topological polar surface area (TPSA) is 72.8 Å². The maximum Gasteiger partial charge on any atom is 0.306 e. The van der Waals surface area contributed by atoms with Crippen LogP contribution < -0.4 is 0 Å². The number of allylic oxidation sites excluding steroid dienone is 16. The Balaban J connectivity index is 3.81. The first kappa shape index (κ1) is 39.8. The predicted molar refractivity (Wildman–Crippen MR) is 182 cm³/mol. The number of ether oxygens (including phenoxy) is 2. The molecule has 43 heavy (non-hydrogen) atoms. The van der Waals surface area contributed by atoms with Gasteiger partial charge in [0.25, 0.3) is 0 Å². The summed E-state index contributed by atoms with van der Waals surface area (Å²) in [6.45, 7) is 3.77. The second-order valence-corrected chi connectivity index (χ2v) is 10.2. The first-order chi connectivity index (χ1) is 21.1. The Labute approximate surface area is 262 Å². The van der Waals surface area contributed by atoms with E-state index >= 15 is 0 Å². The fraction of sp³-hybridized carbons (Fsp3) is 0.526. The molecular formula is C38H58O5. The zero-order chi connectivity index (χ0) is 31.5. The molecule has 5 nitrogen and oxygen atoms in total. The minimum atomic E-state index is -0.824. The number of aliphatic hydroxyl groups excluding tert-OH is 1. The van der Waals surface area contributed by atoms with E-state index in [0.717, 1.165) is 77.0 Å². The first-order valence-electron chi connectivity index (χ1n) is 16.3. The maximum absolute atomic E-state index is 12.1. The molecule has 0 fully saturated rings. The monoisotopic (exact) mass is 594 g/mol. The van der Waals surface area contributed by atoms with Crippen molar-refractivity contribution in [3.05, 3.63) is 97.2 Å². The van der Waals surface area contributed by atoms with E-state index in [1.54, 1.807) is 0 Å². The van der Waals surface area contributed by atoms with Crippen molar-refractivity contribution < 1.29 is 24.2 Å². The van der Waals surface area contributed by atoms with Crippen LogP contribution in [0.5, 0.6) is 0 Å². The highest BCUT2D eigenvalue weighted by molar-refractivity contribution is 5.70. The summed E-state index contributed by atoms with van der Waals surface area (Å²) in [5, 5.41) is 9.49. The van der Waals surface area contributed by atoms with Gasteiger partial charge in [-0.05, 0) is 64.2 Å². The molecule has 1 atom stereocenters. The van der Waals surface area contributed by atoms with E-state index in [0.29, 0.717) is 12.8 Å². The molecule has 0 heterocycles. The molecule has 0 spiro atoms. The van der Waals surface area contributed by atoms with Gasteiger partial charge in [0.15, 0.2) is 6.10 Å². The van der Waals surface area contributed by atoms with Crippen LogP contribution in [-0.4, -0.2) is 36.4 Å². The van der Waals surface area contributed by atoms with E-state index in [1.165, 1.54) is 0 Å². The van der Waals surface area contributed by atoms with Gasteiger partial charge >= 0.3 is 11.9 Å². The van der Waals surface area contributed by atoms with Crippen LogP contribution in [0.3, 0.4) is 0 Å². The van der Waals surface area contributed by atoms with E-state index < -0.39 is 12.1 Å². The van der Waals surface area contributed by atoms with Crippen LogP contribution >= 0.6 is 0 Å². The molecule has 0 bridgehead atoms. The summed E-state index contributed by atoms with van der Waals surface area (Å²) in [4.78, 5) is 24.1. The molecule has 0 aromatic carbocycles. The summed E-state index contributed by atoms with van der Waals surface area (Å²) in [6, 6.07) is 0. The van der Waals surface area contributed by atoms with E-state index in [-0.39, 0.29) is 25.6 Å². The lowest BCUT2D eigenvalue weighted by Gasteiger charge is -2.15. The van der Waals surface area contributed by atoms with Gasteiger partial charge in [0.1, 0.15) is 6.61 Å². The number of unbranched alkanes of at least 4 members (excludes halogenated alkanes) is 5. The second-order valence-electron chi connectivity index (χ2n) is 10.2. The molecule has 0 rings (SSSR count). The molecule has 0 radical (unpaired) electrons. The molecular weight excluding hydrogens is 536 g/mol. The van der Waals surface area contributed by atoms with Crippen molar-refractivity contribution in [2.24, 2.45) is 0 Å². The van der Waals surface area contributed by atoms with Gasteiger partial charge in [0.2, 0.25) is 0 Å². The van der Waals surface area contributed by atoms with Crippen molar-refractivity contribution in [1.29, 1.82) is 0 Å². The zero-order valence-corrected chi connectivity index (χ0v) is 26.9. The Hall–Kier alpha value is -3.18. The van der Waals surface area contributed by atoms with Crippen LogP contribution in [0.4, 0.5) is 0 Å². The summed E-state index contributed by atoms with van der Waals surface area (Å²) in [5.41, 5.74) is 0. The number of aliphatic hydroxyl groups is 1. The minimum absolute atomic E-state index is 0.113. The number of esters is 2. The molecule has 5 heteroatoms. The van der Waals surface area contributed by atoms with Gasteiger partial charge in [-0.15, -0.1) is 0 Å². The molecule has 0 amide bonds. The molecule has 0 aliphatic rings. The lowest BCUT2D eigenvalue weighted by molar-refractivity contribution is -0.161. The number of rotatable bonds is 27. The van der Waals surface area contributed by atoms with E-state index in [9.17, 15) is 14.7 Å². The molecule has 0 saturated heterocycles. The van der Waals surface area contributed by atoms with Crippen LogP contribution in [0.1, 0.15) is 110 Å². The number of hydrogen-bond donors (Lipinski definition) is 1. The SMILES string of the molecule is CC/C=C/C=C/C=C/CCCCCCCC(=O)OCC(CO)OC(=O)CC/C=C/C/C=C/C/C=C/C/C=C/C/C=C/CC. The Morgan fingerprint density at radius 3 is 1.70 bits per heavy atom. The molecule has 240 valence electrons. The lowest BCUT2D eigenvalue weighted by atomic mass is 10.1. The van der Waals surface area contributed by atoms with Crippen molar-refractivity contribution in [2.75, 3.05) is 13.2 Å². The molecule has 0 aromatic rings. The average Bonchev–Trinajstić information content (AvgIpc) is 3.01. The van der Waals surface area contributed by atoms with E-state index in [2.05, 4.69) is 86.8 Å². The van der Waals surface area contributed by atoms with Gasteiger partial charge < -0.3 is 14.6 Å². The summed E-state index contributed by atoms with van der Waals surface area (Å²) in [7, 11) is 0.